The fourth-order valence-electron chi connectivity index (χ4n) is 1.95. The second-order valence-corrected chi connectivity index (χ2v) is 6.12. The van der Waals surface area contributed by atoms with Gasteiger partial charge in [-0.3, -0.25) is 0 Å². The van der Waals surface area contributed by atoms with Crippen LogP contribution in [0.4, 0.5) is 0 Å². The maximum absolute atomic E-state index is 3.64. The van der Waals surface area contributed by atoms with E-state index in [4.69, 9.17) is 0 Å². The molecule has 0 aromatic heterocycles. The third-order valence-corrected chi connectivity index (χ3v) is 3.72. The van der Waals surface area contributed by atoms with Crippen LogP contribution in [0.25, 0.3) is 10.8 Å². The van der Waals surface area contributed by atoms with Crippen molar-refractivity contribution in [3.8, 4) is 0 Å². The fourth-order valence-corrected chi connectivity index (χ4v) is 2.65. The standard InChI is InChI=1S/C14H14Br2/c1-10(16)13-8-11-4-2-3-5-14(11)12(9-13)6-7-15/h2-5,8-10H,6-7H2,1H3. The molecular weight excluding hydrogens is 328 g/mol. The second-order valence-electron chi connectivity index (χ2n) is 3.96. The molecule has 0 fully saturated rings. The van der Waals surface area contributed by atoms with E-state index in [0.29, 0.717) is 4.83 Å². The van der Waals surface area contributed by atoms with Gasteiger partial charge >= 0.3 is 0 Å². The van der Waals surface area contributed by atoms with E-state index < -0.39 is 0 Å². The van der Waals surface area contributed by atoms with Gasteiger partial charge in [-0.25, -0.2) is 0 Å². The van der Waals surface area contributed by atoms with Crippen molar-refractivity contribution < 1.29 is 0 Å². The summed E-state index contributed by atoms with van der Waals surface area (Å²) in [6, 6.07) is 13.2. The largest absolute Gasteiger partial charge is 0.0924 e. The molecule has 16 heavy (non-hydrogen) atoms. The van der Waals surface area contributed by atoms with Crippen molar-refractivity contribution in [2.24, 2.45) is 0 Å². The number of rotatable bonds is 3. The zero-order valence-corrected chi connectivity index (χ0v) is 12.4. The third-order valence-electron chi connectivity index (χ3n) is 2.79. The van der Waals surface area contributed by atoms with Gasteiger partial charge in [0.1, 0.15) is 0 Å². The van der Waals surface area contributed by atoms with E-state index in [-0.39, 0.29) is 0 Å². The van der Waals surface area contributed by atoms with Crippen molar-refractivity contribution >= 4 is 42.6 Å². The average Bonchev–Trinajstić information content (AvgIpc) is 2.29. The minimum absolute atomic E-state index is 0.409. The van der Waals surface area contributed by atoms with Gasteiger partial charge in [0, 0.05) is 10.2 Å². The quantitative estimate of drug-likeness (QED) is 0.670. The van der Waals surface area contributed by atoms with Gasteiger partial charge in [0.05, 0.1) is 0 Å². The van der Waals surface area contributed by atoms with Crippen LogP contribution in [0.15, 0.2) is 36.4 Å². The molecule has 0 N–H and O–H groups in total. The molecule has 2 rings (SSSR count). The Morgan fingerprint density at radius 1 is 1.19 bits per heavy atom. The van der Waals surface area contributed by atoms with Crippen molar-refractivity contribution in [2.45, 2.75) is 18.2 Å². The molecule has 0 aliphatic carbocycles. The van der Waals surface area contributed by atoms with Gasteiger partial charge in [0.25, 0.3) is 0 Å². The Kier molecular flexibility index (Phi) is 4.04. The number of aryl methyl sites for hydroxylation is 1. The topological polar surface area (TPSA) is 0 Å². The first-order chi connectivity index (χ1) is 7.72. The Balaban J connectivity index is 2.63. The second kappa shape index (κ2) is 5.33. The number of fused-ring (bicyclic) bond motifs is 1. The van der Waals surface area contributed by atoms with Crippen LogP contribution in [0.1, 0.15) is 22.9 Å². The summed E-state index contributed by atoms with van der Waals surface area (Å²) in [4.78, 5) is 0.409. The van der Waals surface area contributed by atoms with Gasteiger partial charge in [-0.1, -0.05) is 68.3 Å². The first kappa shape index (κ1) is 12.1. The molecule has 0 spiro atoms. The number of alkyl halides is 2. The van der Waals surface area contributed by atoms with Gasteiger partial charge in [-0.15, -0.1) is 0 Å². The summed E-state index contributed by atoms with van der Waals surface area (Å²) in [6.07, 6.45) is 1.08. The average molecular weight is 342 g/mol. The summed E-state index contributed by atoms with van der Waals surface area (Å²) in [5.74, 6) is 0. The lowest BCUT2D eigenvalue weighted by Crippen LogP contribution is -1.92. The molecule has 1 atom stereocenters. The molecular formula is C14H14Br2. The van der Waals surface area contributed by atoms with E-state index in [9.17, 15) is 0 Å². The lowest BCUT2D eigenvalue weighted by atomic mass is 9.98. The van der Waals surface area contributed by atoms with E-state index in [1.54, 1.807) is 0 Å². The van der Waals surface area contributed by atoms with Crippen molar-refractivity contribution in [1.29, 1.82) is 0 Å². The molecule has 0 amide bonds. The van der Waals surface area contributed by atoms with Gasteiger partial charge in [-0.05, 0) is 35.2 Å². The Labute approximate surface area is 113 Å². The highest BCUT2D eigenvalue weighted by Gasteiger charge is 2.06. The zero-order valence-electron chi connectivity index (χ0n) is 9.21. The van der Waals surface area contributed by atoms with Gasteiger partial charge in [-0.2, -0.15) is 0 Å². The van der Waals surface area contributed by atoms with Crippen LogP contribution >= 0.6 is 31.9 Å². The molecule has 84 valence electrons. The van der Waals surface area contributed by atoms with E-state index in [1.807, 2.05) is 0 Å². The number of halogens is 2. The molecule has 1 unspecified atom stereocenters. The minimum Gasteiger partial charge on any atom is -0.0924 e. The zero-order chi connectivity index (χ0) is 11.5. The highest BCUT2D eigenvalue weighted by atomic mass is 79.9. The summed E-state index contributed by atoms with van der Waals surface area (Å²) >= 11 is 7.16. The van der Waals surface area contributed by atoms with Gasteiger partial charge < -0.3 is 0 Å². The first-order valence-electron chi connectivity index (χ1n) is 5.44. The van der Waals surface area contributed by atoms with E-state index in [2.05, 4.69) is 75.2 Å². The van der Waals surface area contributed by atoms with Crippen LogP contribution in [0.5, 0.6) is 0 Å². The van der Waals surface area contributed by atoms with Gasteiger partial charge in [0.2, 0.25) is 0 Å². The molecule has 0 nitrogen and oxygen atoms in total. The molecule has 0 saturated carbocycles. The molecule has 0 saturated heterocycles. The smallest absolute Gasteiger partial charge is 0.0367 e. The normalized spacial score (nSPS) is 12.9. The number of hydrogen-bond donors (Lipinski definition) is 0. The van der Waals surface area contributed by atoms with Crippen LogP contribution in [-0.4, -0.2) is 5.33 Å². The molecule has 2 aromatic rings. The summed E-state index contributed by atoms with van der Waals surface area (Å²) in [6.45, 7) is 2.17. The summed E-state index contributed by atoms with van der Waals surface area (Å²) < 4.78 is 0. The lowest BCUT2D eigenvalue weighted by molar-refractivity contribution is 1.10. The lowest BCUT2D eigenvalue weighted by Gasteiger charge is -2.11. The fraction of sp³-hybridized carbons (Fsp3) is 0.286. The monoisotopic (exact) mass is 340 g/mol. The van der Waals surface area contributed by atoms with E-state index in [0.717, 1.165) is 11.8 Å². The highest BCUT2D eigenvalue weighted by Crippen LogP contribution is 2.28. The summed E-state index contributed by atoms with van der Waals surface area (Å²) in [5.41, 5.74) is 2.78. The molecule has 2 aromatic carbocycles. The summed E-state index contributed by atoms with van der Waals surface area (Å²) in [5, 5.41) is 3.72. The molecule has 0 aliphatic heterocycles. The molecule has 0 aliphatic rings. The third kappa shape index (κ3) is 2.49. The van der Waals surface area contributed by atoms with Crippen molar-refractivity contribution in [1.82, 2.24) is 0 Å². The maximum Gasteiger partial charge on any atom is 0.0367 e. The van der Waals surface area contributed by atoms with Crippen molar-refractivity contribution in [3.63, 3.8) is 0 Å². The number of hydrogen-bond acceptors (Lipinski definition) is 0. The molecule has 2 heteroatoms. The number of benzene rings is 2. The SMILES string of the molecule is CC(Br)c1cc(CCBr)c2ccccc2c1. The highest BCUT2D eigenvalue weighted by molar-refractivity contribution is 9.09. The van der Waals surface area contributed by atoms with Crippen LogP contribution in [0.2, 0.25) is 0 Å². The van der Waals surface area contributed by atoms with E-state index in [1.165, 1.54) is 21.9 Å². The van der Waals surface area contributed by atoms with Gasteiger partial charge in [0.15, 0.2) is 0 Å². The Hall–Kier alpha value is -0.340. The maximum atomic E-state index is 3.64. The Bertz CT molecular complexity index is 489. The van der Waals surface area contributed by atoms with Crippen molar-refractivity contribution in [3.05, 3.63) is 47.5 Å². The summed E-state index contributed by atoms with van der Waals surface area (Å²) in [7, 11) is 0. The van der Waals surface area contributed by atoms with E-state index >= 15 is 0 Å². The van der Waals surface area contributed by atoms with Crippen LogP contribution < -0.4 is 0 Å². The van der Waals surface area contributed by atoms with Crippen molar-refractivity contribution in [2.75, 3.05) is 5.33 Å². The predicted octanol–water partition coefficient (Wildman–Crippen LogP) is 5.23. The Morgan fingerprint density at radius 2 is 1.94 bits per heavy atom. The molecule has 0 radical (unpaired) electrons. The first-order valence-corrected chi connectivity index (χ1v) is 7.47. The predicted molar refractivity (Wildman–Crippen MR) is 78.8 cm³/mol. The Morgan fingerprint density at radius 3 is 2.62 bits per heavy atom. The van der Waals surface area contributed by atoms with Crippen LogP contribution in [0.3, 0.4) is 0 Å². The minimum atomic E-state index is 0.409. The van der Waals surface area contributed by atoms with Crippen LogP contribution in [-0.2, 0) is 6.42 Å². The molecule has 0 bridgehead atoms. The van der Waals surface area contributed by atoms with Crippen LogP contribution in [0, 0.1) is 0 Å². The molecule has 0 heterocycles.